The molecule has 0 spiro atoms. The van der Waals surface area contributed by atoms with Crippen LogP contribution in [-0.2, 0) is 0 Å². The summed E-state index contributed by atoms with van der Waals surface area (Å²) in [7, 11) is 0. The molecule has 144 valence electrons. The van der Waals surface area contributed by atoms with Crippen LogP contribution < -0.4 is 15.4 Å². The third kappa shape index (κ3) is 4.56. The van der Waals surface area contributed by atoms with Crippen LogP contribution in [0.25, 0.3) is 5.82 Å². The Labute approximate surface area is 167 Å². The van der Waals surface area contributed by atoms with Crippen LogP contribution in [0, 0.1) is 6.92 Å². The average molecular weight is 386 g/mol. The lowest BCUT2D eigenvalue weighted by molar-refractivity contribution is 0.262. The molecule has 0 radical (unpaired) electrons. The fourth-order valence-electron chi connectivity index (χ4n) is 2.65. The maximum atomic E-state index is 12.2. The van der Waals surface area contributed by atoms with Crippen LogP contribution in [0.5, 0.6) is 11.6 Å². The number of aryl methyl sites for hydroxylation is 1. The number of aromatic nitrogens is 4. The minimum atomic E-state index is -0.311. The molecule has 29 heavy (non-hydrogen) atoms. The predicted octanol–water partition coefficient (Wildman–Crippen LogP) is 4.41. The first-order valence-electron chi connectivity index (χ1n) is 8.89. The number of para-hydroxylation sites is 1. The summed E-state index contributed by atoms with van der Waals surface area (Å²) in [6.07, 6.45) is 6.53. The Hall–Kier alpha value is -4.20. The van der Waals surface area contributed by atoms with Crippen LogP contribution in [0.3, 0.4) is 0 Å². The van der Waals surface area contributed by atoms with Gasteiger partial charge in [0.2, 0.25) is 5.88 Å². The van der Waals surface area contributed by atoms with Gasteiger partial charge < -0.3 is 15.4 Å². The highest BCUT2D eigenvalue weighted by Gasteiger charge is 2.06. The second kappa shape index (κ2) is 8.22. The highest BCUT2D eigenvalue weighted by atomic mass is 16.5. The van der Waals surface area contributed by atoms with E-state index in [-0.39, 0.29) is 6.03 Å². The van der Waals surface area contributed by atoms with Gasteiger partial charge in [-0.05, 0) is 42.8 Å². The van der Waals surface area contributed by atoms with Gasteiger partial charge in [-0.1, -0.05) is 18.2 Å². The number of nitrogens with one attached hydrogen (secondary N) is 2. The predicted molar refractivity (Wildman–Crippen MR) is 109 cm³/mol. The fourth-order valence-corrected chi connectivity index (χ4v) is 2.65. The van der Waals surface area contributed by atoms with E-state index in [1.807, 2.05) is 31.2 Å². The molecule has 8 heteroatoms. The van der Waals surface area contributed by atoms with Crippen LogP contribution in [0.4, 0.5) is 16.2 Å². The normalized spacial score (nSPS) is 10.4. The molecule has 0 saturated heterocycles. The monoisotopic (exact) mass is 386 g/mol. The van der Waals surface area contributed by atoms with E-state index in [9.17, 15) is 4.79 Å². The van der Waals surface area contributed by atoms with Crippen molar-refractivity contribution < 1.29 is 9.53 Å². The molecule has 0 unspecified atom stereocenters. The first kappa shape index (κ1) is 18.2. The van der Waals surface area contributed by atoms with Gasteiger partial charge in [-0.3, -0.25) is 4.57 Å². The maximum Gasteiger partial charge on any atom is 0.323 e. The smallest absolute Gasteiger partial charge is 0.323 e. The molecule has 0 aliphatic carbocycles. The zero-order chi connectivity index (χ0) is 20.1. The van der Waals surface area contributed by atoms with Gasteiger partial charge in [-0.2, -0.15) is 0 Å². The van der Waals surface area contributed by atoms with Crippen LogP contribution in [0.2, 0.25) is 0 Å². The molecule has 2 aromatic carbocycles. The highest BCUT2D eigenvalue weighted by molar-refractivity contribution is 6.00. The Bertz CT molecular complexity index is 1110. The van der Waals surface area contributed by atoms with Crippen molar-refractivity contribution >= 4 is 17.4 Å². The third-order valence-corrected chi connectivity index (χ3v) is 4.12. The first-order chi connectivity index (χ1) is 14.2. The van der Waals surface area contributed by atoms with E-state index in [4.69, 9.17) is 4.74 Å². The number of carbonyl (C=O) groups is 1. The SMILES string of the molecule is Cc1ccccc1NC(=O)Nc1ccc(Oc2cc(-n3ccnc3)ncn2)cc1. The van der Waals surface area contributed by atoms with Gasteiger partial charge in [0.15, 0.2) is 0 Å². The van der Waals surface area contributed by atoms with E-state index < -0.39 is 0 Å². The van der Waals surface area contributed by atoms with E-state index in [2.05, 4.69) is 25.6 Å². The number of hydrogen-bond acceptors (Lipinski definition) is 5. The highest BCUT2D eigenvalue weighted by Crippen LogP contribution is 2.22. The molecule has 4 aromatic rings. The standard InChI is InChI=1S/C21H18N6O2/c1-15-4-2-3-5-18(15)26-21(28)25-16-6-8-17(9-7-16)29-20-12-19(23-13-24-20)27-11-10-22-14-27/h2-14H,1H3,(H2,25,26,28). The number of anilines is 2. The van der Waals surface area contributed by atoms with Crippen molar-refractivity contribution in [3.8, 4) is 17.4 Å². The summed E-state index contributed by atoms with van der Waals surface area (Å²) in [6.45, 7) is 1.94. The lowest BCUT2D eigenvalue weighted by Crippen LogP contribution is -2.19. The van der Waals surface area contributed by atoms with Gasteiger partial charge in [0.25, 0.3) is 0 Å². The largest absolute Gasteiger partial charge is 0.439 e. The number of urea groups is 1. The van der Waals surface area contributed by atoms with Crippen LogP contribution in [-0.4, -0.2) is 25.6 Å². The zero-order valence-electron chi connectivity index (χ0n) is 15.6. The Morgan fingerprint density at radius 2 is 1.86 bits per heavy atom. The van der Waals surface area contributed by atoms with Crippen LogP contribution >= 0.6 is 0 Å². The summed E-state index contributed by atoms with van der Waals surface area (Å²) in [5.74, 6) is 1.64. The number of rotatable bonds is 5. The Morgan fingerprint density at radius 3 is 2.62 bits per heavy atom. The molecule has 2 amide bonds. The van der Waals surface area contributed by atoms with Gasteiger partial charge in [0.05, 0.1) is 0 Å². The first-order valence-corrected chi connectivity index (χ1v) is 8.89. The van der Waals surface area contributed by atoms with Gasteiger partial charge in [0, 0.05) is 29.8 Å². The number of hydrogen-bond donors (Lipinski definition) is 2. The molecule has 8 nitrogen and oxygen atoms in total. The molecule has 0 fully saturated rings. The molecule has 4 rings (SSSR count). The third-order valence-electron chi connectivity index (χ3n) is 4.12. The topological polar surface area (TPSA) is 94.0 Å². The van der Waals surface area contributed by atoms with Crippen LogP contribution in [0.1, 0.15) is 5.56 Å². The van der Waals surface area contributed by atoms with Gasteiger partial charge in [-0.15, -0.1) is 0 Å². The van der Waals surface area contributed by atoms with Crippen molar-refractivity contribution in [2.45, 2.75) is 6.92 Å². The van der Waals surface area contributed by atoms with E-state index in [0.29, 0.717) is 23.1 Å². The quantitative estimate of drug-likeness (QED) is 0.530. The van der Waals surface area contributed by atoms with E-state index in [1.165, 1.54) is 6.33 Å². The van der Waals surface area contributed by atoms with Crippen LogP contribution in [0.15, 0.2) is 79.6 Å². The maximum absolute atomic E-state index is 12.2. The van der Waals surface area contributed by atoms with Gasteiger partial charge >= 0.3 is 6.03 Å². The Morgan fingerprint density at radius 1 is 1.03 bits per heavy atom. The van der Waals surface area contributed by atoms with Crippen molar-refractivity contribution in [1.29, 1.82) is 0 Å². The average Bonchev–Trinajstić information content (AvgIpc) is 3.26. The number of carbonyl (C=O) groups excluding carboxylic acids is 1. The molecule has 0 atom stereocenters. The summed E-state index contributed by atoms with van der Waals surface area (Å²) >= 11 is 0. The van der Waals surface area contributed by atoms with Crippen molar-refractivity contribution in [3.63, 3.8) is 0 Å². The lowest BCUT2D eigenvalue weighted by Gasteiger charge is -2.10. The Kier molecular flexibility index (Phi) is 5.15. The van der Waals surface area contributed by atoms with Crippen molar-refractivity contribution in [2.24, 2.45) is 0 Å². The molecule has 0 bridgehead atoms. The number of imidazole rings is 1. The molecular formula is C21H18N6O2. The summed E-state index contributed by atoms with van der Waals surface area (Å²) in [6, 6.07) is 16.0. The summed E-state index contributed by atoms with van der Waals surface area (Å²) in [5, 5.41) is 5.62. The molecule has 0 aliphatic rings. The zero-order valence-corrected chi connectivity index (χ0v) is 15.6. The minimum Gasteiger partial charge on any atom is -0.439 e. The summed E-state index contributed by atoms with van der Waals surface area (Å²) in [5.41, 5.74) is 2.40. The van der Waals surface area contributed by atoms with Gasteiger partial charge in [-0.25, -0.2) is 19.7 Å². The second-order valence-corrected chi connectivity index (χ2v) is 6.20. The van der Waals surface area contributed by atoms with Crippen molar-refractivity contribution in [1.82, 2.24) is 19.5 Å². The molecule has 0 saturated carbocycles. The molecule has 2 heterocycles. The number of ether oxygens (including phenoxy) is 1. The minimum absolute atomic E-state index is 0.311. The summed E-state index contributed by atoms with van der Waals surface area (Å²) < 4.78 is 7.53. The molecule has 0 aliphatic heterocycles. The fraction of sp³-hybridized carbons (Fsp3) is 0.0476. The molecule has 2 N–H and O–H groups in total. The number of benzene rings is 2. The lowest BCUT2D eigenvalue weighted by atomic mass is 10.2. The summed E-state index contributed by atoms with van der Waals surface area (Å²) in [4.78, 5) is 24.5. The number of nitrogens with zero attached hydrogens (tertiary/aromatic N) is 4. The van der Waals surface area contributed by atoms with E-state index in [1.54, 1.807) is 53.6 Å². The molecular weight excluding hydrogens is 368 g/mol. The number of amides is 2. The van der Waals surface area contributed by atoms with Crippen molar-refractivity contribution in [2.75, 3.05) is 10.6 Å². The molecule has 2 aromatic heterocycles. The van der Waals surface area contributed by atoms with E-state index >= 15 is 0 Å². The second-order valence-electron chi connectivity index (χ2n) is 6.20. The van der Waals surface area contributed by atoms with Gasteiger partial charge in [0.1, 0.15) is 24.2 Å². The Balaban J connectivity index is 1.39. The van der Waals surface area contributed by atoms with Crippen molar-refractivity contribution in [3.05, 3.63) is 85.2 Å². The van der Waals surface area contributed by atoms with E-state index in [0.717, 1.165) is 11.3 Å².